The summed E-state index contributed by atoms with van der Waals surface area (Å²) < 4.78 is 12.1. The predicted octanol–water partition coefficient (Wildman–Crippen LogP) is 6.46. The Kier molecular flexibility index (Phi) is 9.69. The molecular weight excluding hydrogens is 532 g/mol. The van der Waals surface area contributed by atoms with Crippen LogP contribution in [0.4, 0.5) is 17.1 Å². The second kappa shape index (κ2) is 13.0. The fourth-order valence-corrected chi connectivity index (χ4v) is 11.9. The van der Waals surface area contributed by atoms with Crippen LogP contribution < -0.4 is 15.1 Å². The SMILES string of the molecule is CC(C)[Si](OCCCN1/C(=C/C(=O)c2cccc(C#N)c2)Nc2cc(N3CCOCC3=O)ccc21)(C(C)C)C(C)C. The maximum Gasteiger partial charge on any atom is 0.253 e. The van der Waals surface area contributed by atoms with Gasteiger partial charge in [-0.05, 0) is 53.4 Å². The summed E-state index contributed by atoms with van der Waals surface area (Å²) in [6.45, 7) is 16.1. The molecule has 1 N–H and O–H groups in total. The first-order valence-corrected chi connectivity index (χ1v) is 16.7. The number of hydrogen-bond donors (Lipinski definition) is 1. The molecular formula is C32H42N4O4Si. The Balaban J connectivity index is 1.59. The van der Waals surface area contributed by atoms with Crippen LogP contribution >= 0.6 is 0 Å². The van der Waals surface area contributed by atoms with Crippen molar-refractivity contribution in [1.29, 1.82) is 5.26 Å². The number of nitriles is 1. The molecule has 1 saturated heterocycles. The van der Waals surface area contributed by atoms with Crippen LogP contribution in [0, 0.1) is 11.3 Å². The van der Waals surface area contributed by atoms with E-state index < -0.39 is 8.32 Å². The molecule has 0 saturated carbocycles. The summed E-state index contributed by atoms with van der Waals surface area (Å²) >= 11 is 0. The van der Waals surface area contributed by atoms with Gasteiger partial charge in [0.15, 0.2) is 14.1 Å². The quantitative estimate of drug-likeness (QED) is 0.142. The van der Waals surface area contributed by atoms with Crippen molar-refractivity contribution < 1.29 is 18.8 Å². The van der Waals surface area contributed by atoms with E-state index in [0.29, 0.717) is 59.9 Å². The lowest BCUT2D eigenvalue weighted by atomic mass is 10.1. The number of nitrogens with one attached hydrogen (secondary N) is 1. The molecule has 8 nitrogen and oxygen atoms in total. The van der Waals surface area contributed by atoms with E-state index in [-0.39, 0.29) is 18.3 Å². The lowest BCUT2D eigenvalue weighted by molar-refractivity contribution is -0.125. The van der Waals surface area contributed by atoms with Crippen LogP contribution in [-0.2, 0) is 14.0 Å². The van der Waals surface area contributed by atoms with E-state index in [4.69, 9.17) is 9.16 Å². The first kappa shape index (κ1) is 30.5. The lowest BCUT2D eigenvalue weighted by Crippen LogP contribution is -2.48. The van der Waals surface area contributed by atoms with Gasteiger partial charge >= 0.3 is 0 Å². The zero-order valence-electron chi connectivity index (χ0n) is 25.1. The van der Waals surface area contributed by atoms with Gasteiger partial charge in [0.2, 0.25) is 0 Å². The molecule has 2 aliphatic rings. The number of benzene rings is 2. The zero-order valence-corrected chi connectivity index (χ0v) is 26.1. The Labute approximate surface area is 245 Å². The number of rotatable bonds is 11. The summed E-state index contributed by atoms with van der Waals surface area (Å²) in [6.07, 6.45) is 2.38. The molecule has 0 aliphatic carbocycles. The monoisotopic (exact) mass is 574 g/mol. The van der Waals surface area contributed by atoms with Gasteiger partial charge in [-0.3, -0.25) is 9.59 Å². The Morgan fingerprint density at radius 3 is 2.51 bits per heavy atom. The van der Waals surface area contributed by atoms with Crippen LogP contribution in [0.3, 0.4) is 0 Å². The highest BCUT2D eigenvalue weighted by Gasteiger charge is 2.44. The van der Waals surface area contributed by atoms with E-state index in [2.05, 4.69) is 57.8 Å². The molecule has 218 valence electrons. The number of ketones is 1. The van der Waals surface area contributed by atoms with E-state index in [1.807, 2.05) is 18.2 Å². The van der Waals surface area contributed by atoms with Gasteiger partial charge in [0.1, 0.15) is 12.4 Å². The first-order chi connectivity index (χ1) is 19.6. The predicted molar refractivity (Wildman–Crippen MR) is 166 cm³/mol. The van der Waals surface area contributed by atoms with Gasteiger partial charge in [0, 0.05) is 37.0 Å². The first-order valence-electron chi connectivity index (χ1n) is 14.5. The van der Waals surface area contributed by atoms with Crippen molar-refractivity contribution >= 4 is 37.1 Å². The van der Waals surface area contributed by atoms with Crippen LogP contribution in [-0.4, -0.2) is 52.9 Å². The van der Waals surface area contributed by atoms with Gasteiger partial charge in [-0.1, -0.05) is 53.7 Å². The summed E-state index contributed by atoms with van der Waals surface area (Å²) in [5.74, 6) is 0.408. The van der Waals surface area contributed by atoms with E-state index in [1.54, 1.807) is 35.2 Å². The minimum absolute atomic E-state index is 0.0698. The number of hydrogen-bond acceptors (Lipinski definition) is 7. The smallest absolute Gasteiger partial charge is 0.253 e. The summed E-state index contributed by atoms with van der Waals surface area (Å²) in [4.78, 5) is 29.6. The maximum absolute atomic E-state index is 13.3. The third-order valence-corrected chi connectivity index (χ3v) is 14.4. The molecule has 4 rings (SSSR count). The van der Waals surface area contributed by atoms with Crippen LogP contribution in [0.5, 0.6) is 0 Å². The van der Waals surface area contributed by atoms with Crippen molar-refractivity contribution in [3.05, 3.63) is 65.5 Å². The van der Waals surface area contributed by atoms with Crippen molar-refractivity contribution in [3.63, 3.8) is 0 Å². The summed E-state index contributed by atoms with van der Waals surface area (Å²) in [5.41, 5.74) is 5.00. The number of fused-ring (bicyclic) bond motifs is 1. The minimum atomic E-state index is -1.98. The van der Waals surface area contributed by atoms with Gasteiger partial charge in [-0.2, -0.15) is 5.26 Å². The van der Waals surface area contributed by atoms with Gasteiger partial charge < -0.3 is 24.3 Å². The summed E-state index contributed by atoms with van der Waals surface area (Å²) in [7, 11) is -1.98. The van der Waals surface area contributed by atoms with E-state index in [9.17, 15) is 14.9 Å². The number of amides is 1. The molecule has 2 aromatic rings. The molecule has 0 aromatic heterocycles. The number of carbonyl (C=O) groups is 2. The third-order valence-electron chi connectivity index (χ3n) is 8.25. The van der Waals surface area contributed by atoms with Crippen LogP contribution in [0.15, 0.2) is 54.4 Å². The number of morpholine rings is 1. The lowest BCUT2D eigenvalue weighted by Gasteiger charge is -2.42. The number of carbonyl (C=O) groups excluding carboxylic acids is 2. The highest BCUT2D eigenvalue weighted by molar-refractivity contribution is 6.77. The second-order valence-electron chi connectivity index (χ2n) is 11.7. The molecule has 0 atom stereocenters. The Morgan fingerprint density at radius 2 is 1.85 bits per heavy atom. The van der Waals surface area contributed by atoms with Gasteiger partial charge in [-0.25, -0.2) is 0 Å². The molecule has 0 unspecified atom stereocenters. The second-order valence-corrected chi connectivity index (χ2v) is 17.1. The van der Waals surface area contributed by atoms with Crippen LogP contribution in [0.1, 0.15) is 63.9 Å². The van der Waals surface area contributed by atoms with Gasteiger partial charge in [-0.15, -0.1) is 0 Å². The number of nitrogens with zero attached hydrogens (tertiary/aromatic N) is 3. The van der Waals surface area contributed by atoms with Gasteiger partial charge in [0.25, 0.3) is 5.91 Å². The highest BCUT2D eigenvalue weighted by Crippen LogP contribution is 2.43. The summed E-state index contributed by atoms with van der Waals surface area (Å²) in [6, 6.07) is 14.7. The molecule has 41 heavy (non-hydrogen) atoms. The third kappa shape index (κ3) is 6.40. The largest absolute Gasteiger partial charge is 0.416 e. The van der Waals surface area contributed by atoms with Crippen molar-refractivity contribution in [3.8, 4) is 6.07 Å². The Bertz CT molecular complexity index is 1330. The van der Waals surface area contributed by atoms with Crippen molar-refractivity contribution in [1.82, 2.24) is 0 Å². The number of anilines is 3. The molecule has 2 heterocycles. The molecule has 1 amide bonds. The summed E-state index contributed by atoms with van der Waals surface area (Å²) in [5, 5.41) is 12.7. The zero-order chi connectivity index (χ0) is 29.7. The Hall–Kier alpha value is -3.45. The van der Waals surface area contributed by atoms with Crippen molar-refractivity contribution in [2.45, 2.75) is 64.6 Å². The van der Waals surface area contributed by atoms with E-state index >= 15 is 0 Å². The number of ether oxygens (including phenoxy) is 1. The highest BCUT2D eigenvalue weighted by atomic mass is 28.4. The molecule has 2 aromatic carbocycles. The molecule has 0 radical (unpaired) electrons. The normalized spacial score (nSPS) is 16.5. The molecule has 0 bridgehead atoms. The number of allylic oxidation sites excluding steroid dienone is 1. The van der Waals surface area contributed by atoms with E-state index in [0.717, 1.165) is 23.5 Å². The average molecular weight is 575 g/mol. The van der Waals surface area contributed by atoms with Crippen molar-refractivity contribution in [2.75, 3.05) is 48.0 Å². The topological polar surface area (TPSA) is 94.9 Å². The maximum atomic E-state index is 13.3. The Morgan fingerprint density at radius 1 is 1.12 bits per heavy atom. The fraction of sp³-hybridized carbons (Fsp3) is 0.469. The van der Waals surface area contributed by atoms with Crippen molar-refractivity contribution in [2.24, 2.45) is 0 Å². The van der Waals surface area contributed by atoms with Gasteiger partial charge in [0.05, 0.1) is 29.6 Å². The molecule has 0 spiro atoms. The molecule has 1 fully saturated rings. The standard InChI is InChI=1S/C32H42N4O4Si/c1-22(2)41(23(3)4,24(5)6)40-15-8-13-36-29-12-11-27(35-14-16-39-21-32(35)38)18-28(29)34-31(36)19-30(37)26-10-7-9-25(17-26)20-33/h7,9-12,17-19,22-24,34H,8,13-16,21H2,1-6H3/b31-19+. The minimum Gasteiger partial charge on any atom is -0.416 e. The molecule has 2 aliphatic heterocycles. The molecule has 9 heteroatoms. The van der Waals surface area contributed by atoms with E-state index in [1.165, 1.54) is 0 Å². The van der Waals surface area contributed by atoms with Crippen LogP contribution in [0.25, 0.3) is 0 Å². The average Bonchev–Trinajstić information content (AvgIpc) is 3.28. The fourth-order valence-electron chi connectivity index (χ4n) is 6.43. The van der Waals surface area contributed by atoms with Crippen LogP contribution in [0.2, 0.25) is 16.6 Å².